The van der Waals surface area contributed by atoms with E-state index in [1.807, 2.05) is 27.7 Å². The van der Waals surface area contributed by atoms with Crippen molar-refractivity contribution in [3.05, 3.63) is 16.9 Å². The van der Waals surface area contributed by atoms with Gasteiger partial charge in [0.05, 0.1) is 30.6 Å². The molecule has 1 amide bonds. The Hall–Kier alpha value is -1.60. The molecule has 0 radical (unpaired) electrons. The second-order valence-electron chi connectivity index (χ2n) is 6.47. The van der Waals surface area contributed by atoms with Crippen LogP contribution in [0, 0.1) is 6.92 Å². The van der Waals surface area contributed by atoms with E-state index in [1.54, 1.807) is 11.0 Å². The van der Waals surface area contributed by atoms with Crippen LogP contribution in [0.5, 0.6) is 0 Å². The quantitative estimate of drug-likeness (QED) is 0.909. The van der Waals surface area contributed by atoms with E-state index in [0.29, 0.717) is 31.4 Å². The number of rotatable bonds is 3. The van der Waals surface area contributed by atoms with Crippen molar-refractivity contribution >= 4 is 23.4 Å². The summed E-state index contributed by atoms with van der Waals surface area (Å²) in [6.07, 6.45) is -0.432. The Balaban J connectivity index is 1.89. The fourth-order valence-electron chi connectivity index (χ4n) is 2.17. The van der Waals surface area contributed by atoms with Gasteiger partial charge in [0.15, 0.2) is 5.15 Å². The number of carbonyl (C=O) groups is 1. The molecule has 2 heterocycles. The van der Waals surface area contributed by atoms with E-state index in [1.165, 1.54) is 0 Å². The van der Waals surface area contributed by atoms with Crippen molar-refractivity contribution in [2.75, 3.05) is 31.6 Å². The molecule has 128 valence electrons. The van der Waals surface area contributed by atoms with Crippen molar-refractivity contribution in [1.82, 2.24) is 15.1 Å². The highest BCUT2D eigenvalue weighted by molar-refractivity contribution is 6.29. The second-order valence-corrected chi connectivity index (χ2v) is 6.85. The number of anilines is 1. The van der Waals surface area contributed by atoms with Crippen LogP contribution in [0.2, 0.25) is 5.15 Å². The summed E-state index contributed by atoms with van der Waals surface area (Å²) < 4.78 is 11.1. The van der Waals surface area contributed by atoms with E-state index < -0.39 is 5.60 Å². The third-order valence-electron chi connectivity index (χ3n) is 3.26. The Kier molecular flexibility index (Phi) is 5.64. The van der Waals surface area contributed by atoms with Gasteiger partial charge in [-0.25, -0.2) is 4.79 Å². The number of hydrogen-bond donors (Lipinski definition) is 1. The van der Waals surface area contributed by atoms with Gasteiger partial charge in [-0.15, -0.1) is 5.10 Å². The fraction of sp³-hybridized carbons (Fsp3) is 0.667. The molecule has 1 aliphatic heterocycles. The standard InChI is InChI=1S/C15H23ClN4O3/c1-10-12(7-13(16)19-18-10)17-8-11-9-20(5-6-22-11)14(21)23-15(2,3)4/h7,11H,5-6,8-9H2,1-4H3,(H,17,19). The fourth-order valence-corrected chi connectivity index (χ4v) is 2.31. The minimum atomic E-state index is -0.500. The van der Waals surface area contributed by atoms with Gasteiger partial charge in [-0.2, -0.15) is 5.10 Å². The molecule has 0 aliphatic carbocycles. The lowest BCUT2D eigenvalue weighted by atomic mass is 10.2. The van der Waals surface area contributed by atoms with Gasteiger partial charge in [0.25, 0.3) is 0 Å². The van der Waals surface area contributed by atoms with Crippen LogP contribution in [0.15, 0.2) is 6.07 Å². The van der Waals surface area contributed by atoms with Crippen molar-refractivity contribution in [2.24, 2.45) is 0 Å². The molecule has 1 aromatic heterocycles. The molecule has 7 nitrogen and oxygen atoms in total. The van der Waals surface area contributed by atoms with Gasteiger partial charge in [0.2, 0.25) is 0 Å². The van der Waals surface area contributed by atoms with Crippen LogP contribution in [0.1, 0.15) is 26.5 Å². The van der Waals surface area contributed by atoms with E-state index in [2.05, 4.69) is 15.5 Å². The van der Waals surface area contributed by atoms with Gasteiger partial charge in [0, 0.05) is 19.2 Å². The molecule has 1 atom stereocenters. The van der Waals surface area contributed by atoms with E-state index >= 15 is 0 Å². The SMILES string of the molecule is Cc1nnc(Cl)cc1NCC1CN(C(=O)OC(C)(C)C)CCO1. The maximum atomic E-state index is 12.1. The van der Waals surface area contributed by atoms with Crippen LogP contribution in [0.3, 0.4) is 0 Å². The molecule has 0 aromatic carbocycles. The third kappa shape index (κ3) is 5.51. The maximum Gasteiger partial charge on any atom is 0.410 e. The molecule has 1 aliphatic rings. The molecule has 1 saturated heterocycles. The number of nitrogens with one attached hydrogen (secondary N) is 1. The lowest BCUT2D eigenvalue weighted by Crippen LogP contribution is -2.49. The smallest absolute Gasteiger partial charge is 0.410 e. The normalized spacial score (nSPS) is 18.7. The van der Waals surface area contributed by atoms with Crippen LogP contribution in [0.25, 0.3) is 0 Å². The first-order valence-electron chi connectivity index (χ1n) is 7.58. The van der Waals surface area contributed by atoms with Crippen LogP contribution in [-0.4, -0.2) is 59.1 Å². The highest BCUT2D eigenvalue weighted by atomic mass is 35.5. The topological polar surface area (TPSA) is 76.6 Å². The second kappa shape index (κ2) is 7.31. The number of ether oxygens (including phenoxy) is 2. The molecule has 1 unspecified atom stereocenters. The van der Waals surface area contributed by atoms with Crippen molar-refractivity contribution in [3.63, 3.8) is 0 Å². The molecule has 0 spiro atoms. The Bertz CT molecular complexity index is 562. The lowest BCUT2D eigenvalue weighted by Gasteiger charge is -2.34. The summed E-state index contributed by atoms with van der Waals surface area (Å²) in [4.78, 5) is 13.8. The first-order valence-corrected chi connectivity index (χ1v) is 7.95. The minimum absolute atomic E-state index is 0.123. The largest absolute Gasteiger partial charge is 0.444 e. The van der Waals surface area contributed by atoms with Gasteiger partial charge in [0.1, 0.15) is 5.60 Å². The number of carbonyl (C=O) groups excluding carboxylic acids is 1. The third-order valence-corrected chi connectivity index (χ3v) is 3.44. The average molecular weight is 343 g/mol. The number of nitrogens with zero attached hydrogens (tertiary/aromatic N) is 3. The molecule has 1 fully saturated rings. The molecule has 2 rings (SSSR count). The Morgan fingerprint density at radius 3 is 2.96 bits per heavy atom. The molecule has 8 heteroatoms. The Labute approximate surface area is 141 Å². The summed E-state index contributed by atoms with van der Waals surface area (Å²) in [5.74, 6) is 0. The molecule has 1 aromatic rings. The van der Waals surface area contributed by atoms with Crippen molar-refractivity contribution in [3.8, 4) is 0 Å². The van der Waals surface area contributed by atoms with E-state index in [-0.39, 0.29) is 12.2 Å². The number of aryl methyl sites for hydroxylation is 1. The highest BCUT2D eigenvalue weighted by Gasteiger charge is 2.28. The van der Waals surface area contributed by atoms with E-state index in [9.17, 15) is 4.79 Å². The predicted molar refractivity (Wildman–Crippen MR) is 87.8 cm³/mol. The summed E-state index contributed by atoms with van der Waals surface area (Å²) in [6, 6.07) is 1.72. The number of halogens is 1. The number of amides is 1. The molecule has 1 N–H and O–H groups in total. The van der Waals surface area contributed by atoms with Gasteiger partial charge >= 0.3 is 6.09 Å². The first-order chi connectivity index (χ1) is 10.7. The zero-order chi connectivity index (χ0) is 17.0. The van der Waals surface area contributed by atoms with E-state index in [4.69, 9.17) is 21.1 Å². The molecule has 23 heavy (non-hydrogen) atoms. The number of hydrogen-bond acceptors (Lipinski definition) is 6. The van der Waals surface area contributed by atoms with E-state index in [0.717, 1.165) is 11.4 Å². The van der Waals surface area contributed by atoms with Gasteiger partial charge in [-0.3, -0.25) is 0 Å². The summed E-state index contributed by atoms with van der Waals surface area (Å²) >= 11 is 5.85. The number of aromatic nitrogens is 2. The van der Waals surface area contributed by atoms with Gasteiger partial charge < -0.3 is 19.7 Å². The lowest BCUT2D eigenvalue weighted by molar-refractivity contribution is -0.0371. The zero-order valence-corrected chi connectivity index (χ0v) is 14.7. The number of morpholine rings is 1. The van der Waals surface area contributed by atoms with Crippen LogP contribution >= 0.6 is 11.6 Å². The summed E-state index contributed by atoms with van der Waals surface area (Å²) in [5, 5.41) is 11.3. The van der Waals surface area contributed by atoms with Crippen molar-refractivity contribution in [2.45, 2.75) is 39.4 Å². The molecule has 0 bridgehead atoms. The monoisotopic (exact) mass is 342 g/mol. The maximum absolute atomic E-state index is 12.1. The summed E-state index contributed by atoms with van der Waals surface area (Å²) in [6.45, 7) is 9.46. The molecular weight excluding hydrogens is 320 g/mol. The average Bonchev–Trinajstić information content (AvgIpc) is 2.47. The highest BCUT2D eigenvalue weighted by Crippen LogP contribution is 2.17. The van der Waals surface area contributed by atoms with Crippen LogP contribution in [-0.2, 0) is 9.47 Å². The minimum Gasteiger partial charge on any atom is -0.444 e. The van der Waals surface area contributed by atoms with Crippen LogP contribution < -0.4 is 5.32 Å². The Morgan fingerprint density at radius 2 is 2.26 bits per heavy atom. The zero-order valence-electron chi connectivity index (χ0n) is 13.9. The molecular formula is C15H23ClN4O3. The van der Waals surface area contributed by atoms with Crippen molar-refractivity contribution < 1.29 is 14.3 Å². The van der Waals surface area contributed by atoms with Crippen molar-refractivity contribution in [1.29, 1.82) is 0 Å². The first kappa shape index (κ1) is 17.7. The van der Waals surface area contributed by atoms with Gasteiger partial charge in [-0.05, 0) is 27.7 Å². The molecule has 0 saturated carbocycles. The summed E-state index contributed by atoms with van der Waals surface area (Å²) in [5.41, 5.74) is 1.07. The van der Waals surface area contributed by atoms with Crippen LogP contribution in [0.4, 0.5) is 10.5 Å². The summed E-state index contributed by atoms with van der Waals surface area (Å²) in [7, 11) is 0. The van der Waals surface area contributed by atoms with Gasteiger partial charge in [-0.1, -0.05) is 11.6 Å². The Morgan fingerprint density at radius 1 is 1.52 bits per heavy atom. The predicted octanol–water partition coefficient (Wildman–Crippen LogP) is 2.49.